The Labute approximate surface area is 180 Å². The Kier molecular flexibility index (Phi) is 4.73. The lowest BCUT2D eigenvalue weighted by atomic mass is 9.91. The van der Waals surface area contributed by atoms with Gasteiger partial charge in [-0.1, -0.05) is 47.5 Å². The summed E-state index contributed by atoms with van der Waals surface area (Å²) in [5.74, 6) is 0.105. The van der Waals surface area contributed by atoms with Crippen LogP contribution in [0.25, 0.3) is 10.9 Å². The largest absolute Gasteiger partial charge is 0.331 e. The molecular weight excluding hydrogens is 405 g/mol. The molecular formula is C23H21Cl2N3O. The highest BCUT2D eigenvalue weighted by atomic mass is 35.5. The number of carbonyl (C=O) groups excluding carboxylic acids is 1. The summed E-state index contributed by atoms with van der Waals surface area (Å²) in [6.45, 7) is 5.52. The molecule has 2 atom stereocenters. The van der Waals surface area contributed by atoms with Crippen LogP contribution in [0.3, 0.4) is 0 Å². The minimum atomic E-state index is -0.00826. The maximum atomic E-state index is 13.2. The van der Waals surface area contributed by atoms with Crippen LogP contribution in [0, 0.1) is 6.92 Å². The summed E-state index contributed by atoms with van der Waals surface area (Å²) in [7, 11) is 0. The van der Waals surface area contributed by atoms with Crippen molar-refractivity contribution >= 4 is 40.0 Å². The fourth-order valence-corrected chi connectivity index (χ4v) is 4.90. The second kappa shape index (κ2) is 7.28. The van der Waals surface area contributed by atoms with Crippen molar-refractivity contribution in [2.24, 2.45) is 0 Å². The average Bonchev–Trinajstić information content (AvgIpc) is 2.72. The highest BCUT2D eigenvalue weighted by Crippen LogP contribution is 2.37. The van der Waals surface area contributed by atoms with Gasteiger partial charge in [0.15, 0.2) is 0 Å². The molecule has 1 aromatic heterocycles. The van der Waals surface area contributed by atoms with Gasteiger partial charge in [0.2, 0.25) is 5.91 Å². The molecule has 2 aliphatic heterocycles. The van der Waals surface area contributed by atoms with E-state index in [9.17, 15) is 4.79 Å². The molecule has 2 bridgehead atoms. The molecule has 148 valence electrons. The van der Waals surface area contributed by atoms with Crippen LogP contribution < -0.4 is 0 Å². The highest BCUT2D eigenvalue weighted by Gasteiger charge is 2.38. The first kappa shape index (κ1) is 18.9. The van der Waals surface area contributed by atoms with Crippen molar-refractivity contribution < 1.29 is 4.79 Å². The highest BCUT2D eigenvalue weighted by molar-refractivity contribution is 6.42. The Morgan fingerprint density at radius 2 is 1.97 bits per heavy atom. The number of fused-ring (bicyclic) bond motifs is 5. The SMILES string of the molecule is Cc1c2c(nc3ccccc13)C1CN(CCN1C(=O)Cc1ccc(Cl)c(Cl)c1)C2. The Morgan fingerprint density at radius 3 is 2.79 bits per heavy atom. The molecule has 3 aromatic rings. The van der Waals surface area contributed by atoms with Crippen molar-refractivity contribution in [3.05, 3.63) is 74.9 Å². The van der Waals surface area contributed by atoms with E-state index in [0.717, 1.165) is 43.0 Å². The molecule has 29 heavy (non-hydrogen) atoms. The van der Waals surface area contributed by atoms with Crippen molar-refractivity contribution in [3.8, 4) is 0 Å². The zero-order valence-corrected chi connectivity index (χ0v) is 17.7. The smallest absolute Gasteiger partial charge is 0.227 e. The lowest BCUT2D eigenvalue weighted by molar-refractivity contribution is -0.136. The second-order valence-electron chi connectivity index (χ2n) is 7.88. The van der Waals surface area contributed by atoms with Gasteiger partial charge in [-0.15, -0.1) is 0 Å². The number of benzene rings is 2. The molecule has 2 unspecified atom stereocenters. The predicted octanol–water partition coefficient (Wildman–Crippen LogP) is 4.79. The summed E-state index contributed by atoms with van der Waals surface area (Å²) in [6.07, 6.45) is 0.315. The summed E-state index contributed by atoms with van der Waals surface area (Å²) in [5.41, 5.74) is 5.48. The van der Waals surface area contributed by atoms with Crippen LogP contribution in [0.5, 0.6) is 0 Å². The van der Waals surface area contributed by atoms with Crippen LogP contribution in [0.1, 0.15) is 28.4 Å². The zero-order chi connectivity index (χ0) is 20.1. The number of amides is 1. The Morgan fingerprint density at radius 1 is 1.14 bits per heavy atom. The van der Waals surface area contributed by atoms with Crippen molar-refractivity contribution in [1.82, 2.24) is 14.8 Å². The fourth-order valence-electron chi connectivity index (χ4n) is 4.58. The molecule has 2 aliphatic rings. The van der Waals surface area contributed by atoms with Crippen LogP contribution in [0.4, 0.5) is 0 Å². The third kappa shape index (κ3) is 3.29. The van der Waals surface area contributed by atoms with Gasteiger partial charge in [0.1, 0.15) is 0 Å². The van der Waals surface area contributed by atoms with Gasteiger partial charge in [0.05, 0.1) is 33.7 Å². The molecule has 1 saturated heterocycles. The Hall–Kier alpha value is -2.14. The summed E-state index contributed by atoms with van der Waals surface area (Å²) in [4.78, 5) is 22.7. The number of halogens is 2. The molecule has 4 nitrogen and oxygen atoms in total. The number of aryl methyl sites for hydroxylation is 1. The predicted molar refractivity (Wildman–Crippen MR) is 116 cm³/mol. The maximum Gasteiger partial charge on any atom is 0.227 e. The van der Waals surface area contributed by atoms with E-state index in [1.807, 2.05) is 17.0 Å². The fraction of sp³-hybridized carbons (Fsp3) is 0.304. The zero-order valence-electron chi connectivity index (χ0n) is 16.2. The number of hydrogen-bond donors (Lipinski definition) is 0. The van der Waals surface area contributed by atoms with E-state index in [1.165, 1.54) is 16.5 Å². The lowest BCUT2D eigenvalue weighted by Crippen LogP contribution is -2.53. The first-order chi connectivity index (χ1) is 14.0. The number of nitrogens with zero attached hydrogens (tertiary/aromatic N) is 3. The molecule has 0 aliphatic carbocycles. The van der Waals surface area contributed by atoms with E-state index in [4.69, 9.17) is 28.2 Å². The van der Waals surface area contributed by atoms with Crippen molar-refractivity contribution in [2.75, 3.05) is 19.6 Å². The first-order valence-electron chi connectivity index (χ1n) is 9.85. The Balaban J connectivity index is 1.50. The molecule has 0 saturated carbocycles. The maximum absolute atomic E-state index is 13.2. The van der Waals surface area contributed by atoms with Gasteiger partial charge < -0.3 is 4.90 Å². The standard InChI is InChI=1S/C23H21Cl2N3O/c1-14-16-4-2-3-5-20(16)26-23-17(14)12-27-8-9-28(21(23)13-27)22(29)11-15-6-7-18(24)19(25)10-15/h2-7,10,21H,8-9,11-13H2,1H3. The summed E-state index contributed by atoms with van der Waals surface area (Å²) in [6, 6.07) is 13.6. The van der Waals surface area contributed by atoms with Gasteiger partial charge in [-0.25, -0.2) is 0 Å². The lowest BCUT2D eigenvalue weighted by Gasteiger charge is -2.45. The first-order valence-corrected chi connectivity index (χ1v) is 10.6. The number of carbonyl (C=O) groups is 1. The molecule has 3 heterocycles. The number of pyridine rings is 1. The number of rotatable bonds is 2. The van der Waals surface area contributed by atoms with Gasteiger partial charge in [-0.05, 0) is 41.8 Å². The molecule has 0 N–H and O–H groups in total. The summed E-state index contributed by atoms with van der Waals surface area (Å²) >= 11 is 12.1. The van der Waals surface area contributed by atoms with E-state index in [0.29, 0.717) is 16.5 Å². The van der Waals surface area contributed by atoms with Gasteiger partial charge in [0, 0.05) is 31.6 Å². The van der Waals surface area contributed by atoms with E-state index in [2.05, 4.69) is 30.0 Å². The van der Waals surface area contributed by atoms with Crippen molar-refractivity contribution in [3.63, 3.8) is 0 Å². The summed E-state index contributed by atoms with van der Waals surface area (Å²) < 4.78 is 0. The summed E-state index contributed by atoms with van der Waals surface area (Å²) in [5, 5.41) is 2.18. The quantitative estimate of drug-likeness (QED) is 0.591. The molecule has 6 heteroatoms. The molecule has 1 fully saturated rings. The van der Waals surface area contributed by atoms with Gasteiger partial charge in [0.25, 0.3) is 0 Å². The number of aromatic nitrogens is 1. The minimum absolute atomic E-state index is 0.00826. The van der Waals surface area contributed by atoms with E-state index in [1.54, 1.807) is 12.1 Å². The van der Waals surface area contributed by atoms with E-state index < -0.39 is 0 Å². The van der Waals surface area contributed by atoms with Crippen LogP contribution in [0.2, 0.25) is 10.0 Å². The Bertz CT molecular complexity index is 1130. The van der Waals surface area contributed by atoms with Gasteiger partial charge in [-0.3, -0.25) is 14.7 Å². The van der Waals surface area contributed by atoms with E-state index >= 15 is 0 Å². The molecule has 0 spiro atoms. The second-order valence-corrected chi connectivity index (χ2v) is 8.70. The third-order valence-corrected chi connectivity index (χ3v) is 6.87. The van der Waals surface area contributed by atoms with Crippen LogP contribution in [-0.4, -0.2) is 40.3 Å². The van der Waals surface area contributed by atoms with Crippen molar-refractivity contribution in [1.29, 1.82) is 0 Å². The van der Waals surface area contributed by atoms with Crippen molar-refractivity contribution in [2.45, 2.75) is 25.9 Å². The topological polar surface area (TPSA) is 36.4 Å². The molecule has 1 amide bonds. The van der Waals surface area contributed by atoms with Gasteiger partial charge >= 0.3 is 0 Å². The van der Waals surface area contributed by atoms with E-state index in [-0.39, 0.29) is 11.9 Å². The van der Waals surface area contributed by atoms with Crippen LogP contribution in [-0.2, 0) is 17.8 Å². The molecule has 0 radical (unpaired) electrons. The molecule has 2 aromatic carbocycles. The average molecular weight is 426 g/mol. The molecule has 5 rings (SSSR count). The monoisotopic (exact) mass is 425 g/mol. The number of piperazine rings is 1. The normalized spacial score (nSPS) is 20.6. The van der Waals surface area contributed by atoms with Gasteiger partial charge in [-0.2, -0.15) is 0 Å². The number of hydrogen-bond acceptors (Lipinski definition) is 3. The number of para-hydroxylation sites is 1. The minimum Gasteiger partial charge on any atom is -0.331 e. The van der Waals surface area contributed by atoms with Crippen LogP contribution >= 0.6 is 23.2 Å². The van der Waals surface area contributed by atoms with Crippen LogP contribution in [0.15, 0.2) is 42.5 Å². The third-order valence-electron chi connectivity index (χ3n) is 6.13.